The Labute approximate surface area is 283 Å². The molecule has 3 aliphatic carbocycles. The minimum absolute atomic E-state index is 0.0950. The zero-order valence-corrected chi connectivity index (χ0v) is 29.8. The van der Waals surface area contributed by atoms with E-state index in [4.69, 9.17) is 27.5 Å². The number of carbonyl (C=O) groups is 3. The molecule has 1 aromatic carbocycles. The van der Waals surface area contributed by atoms with E-state index >= 15 is 4.79 Å². The maximum absolute atomic E-state index is 15.7. The number of esters is 2. The molecule has 5 rings (SSSR count). The summed E-state index contributed by atoms with van der Waals surface area (Å²) in [5.41, 5.74) is -6.80. The summed E-state index contributed by atoms with van der Waals surface area (Å²) in [6.07, 6.45) is -4.86. The maximum Gasteiger partial charge on any atom is 0.338 e. The first-order valence-corrected chi connectivity index (χ1v) is 19.3. The van der Waals surface area contributed by atoms with Crippen LogP contribution in [0.15, 0.2) is 41.7 Å². The van der Waals surface area contributed by atoms with E-state index in [0.29, 0.717) is 0 Å². The van der Waals surface area contributed by atoms with E-state index in [2.05, 4.69) is 0 Å². The average Bonchev–Trinajstić information content (AvgIpc) is 3.04. The molecule has 9 atom stereocenters. The van der Waals surface area contributed by atoms with E-state index < -0.39 is 97.1 Å². The van der Waals surface area contributed by atoms with Crippen molar-refractivity contribution >= 4 is 26.0 Å². The first kappa shape index (κ1) is 31.7. The monoisotopic (exact) mass is 675 g/mol. The molecule has 2 saturated carbocycles. The third kappa shape index (κ3) is 5.14. The molecule has 11 heteroatoms. The van der Waals surface area contributed by atoms with Crippen molar-refractivity contribution in [3.8, 4) is 0 Å². The van der Waals surface area contributed by atoms with Crippen LogP contribution in [-0.2, 0) is 33.0 Å². The molecule has 0 radical (unpaired) electrons. The number of rotatable bonds is 9. The van der Waals surface area contributed by atoms with Crippen LogP contribution in [0.2, 0.25) is 18.1 Å². The van der Waals surface area contributed by atoms with Crippen molar-refractivity contribution in [2.45, 2.75) is 122 Å². The summed E-state index contributed by atoms with van der Waals surface area (Å²) >= 11 is 0. The summed E-state index contributed by atoms with van der Waals surface area (Å²) in [5.74, 6) is -4.90. The molecule has 3 fully saturated rings. The highest BCUT2D eigenvalue weighted by molar-refractivity contribution is 6.73. The zero-order valence-electron chi connectivity index (χ0n) is 31.8. The lowest BCUT2D eigenvalue weighted by atomic mass is 9.45. The standard InChI is InChI=1S/C36H52O10Si/c1-10-47(11-2,12-3)46-25-18-26-35(20-43-26,45-22(5)37)29-31(44-32(40)23-16-14-13-15-17-23)36(41)19-24(38)21(4)27(33(36,6)7)28(42-9)30(39)34(25,29)8/h13-17,21,24-26,29,31,38,41H,10-12,18-20H2,1-9H3/b28-27+/t21?,24-,25-,26+,29-,31-,34+,35-,36+/m0/s1/i9D3. The minimum Gasteiger partial charge on any atom is -0.493 e. The minimum atomic E-state index is -3.09. The number of methoxy groups -OCH3 is 1. The summed E-state index contributed by atoms with van der Waals surface area (Å²) in [5, 5.41) is 24.9. The molecule has 47 heavy (non-hydrogen) atoms. The van der Waals surface area contributed by atoms with Crippen molar-refractivity contribution in [1.82, 2.24) is 0 Å². The van der Waals surface area contributed by atoms with Crippen molar-refractivity contribution in [1.29, 1.82) is 0 Å². The van der Waals surface area contributed by atoms with E-state index in [1.54, 1.807) is 58.0 Å². The molecule has 1 heterocycles. The van der Waals surface area contributed by atoms with Crippen LogP contribution in [0.4, 0.5) is 0 Å². The third-order valence-electron chi connectivity index (χ3n) is 12.4. The summed E-state index contributed by atoms with van der Waals surface area (Å²) in [6.45, 7) is 13.7. The number of ketones is 1. The number of benzene rings is 1. The Kier molecular flexibility index (Phi) is 8.35. The van der Waals surface area contributed by atoms with Crippen molar-refractivity contribution in [3.05, 3.63) is 47.2 Å². The number of fused-ring (bicyclic) bond motifs is 5. The highest BCUT2D eigenvalue weighted by Crippen LogP contribution is 2.65. The second-order valence-corrected chi connectivity index (χ2v) is 19.4. The zero-order chi connectivity index (χ0) is 37.2. The summed E-state index contributed by atoms with van der Waals surface area (Å²) < 4.78 is 56.0. The SMILES string of the molecule is [2H]C([2H])([2H])O/C1=C2\C(C)[C@@H](O)C[C@@](O)([C@@H](OC(=O)c3ccccc3)[C@@H]3[C@]4(OC(C)=O)CO[C@@H]4C[C@H](O[Si](CC)(CC)CC)[C@@]3(C)C1=O)C2(C)C. The molecule has 0 aromatic heterocycles. The molecule has 260 valence electrons. The van der Waals surface area contributed by atoms with Crippen molar-refractivity contribution in [2.24, 2.45) is 22.7 Å². The van der Waals surface area contributed by atoms with Gasteiger partial charge < -0.3 is 33.6 Å². The molecule has 0 spiro atoms. The lowest BCUT2D eigenvalue weighted by molar-refractivity contribution is -0.344. The van der Waals surface area contributed by atoms with Crippen molar-refractivity contribution in [3.63, 3.8) is 0 Å². The van der Waals surface area contributed by atoms with Gasteiger partial charge in [0.25, 0.3) is 0 Å². The van der Waals surface area contributed by atoms with Crippen LogP contribution in [0.3, 0.4) is 0 Å². The van der Waals surface area contributed by atoms with Gasteiger partial charge >= 0.3 is 11.9 Å². The van der Waals surface area contributed by atoms with Gasteiger partial charge in [-0.3, -0.25) is 9.59 Å². The molecule has 4 aliphatic rings. The van der Waals surface area contributed by atoms with Gasteiger partial charge in [-0.2, -0.15) is 0 Å². The fraction of sp³-hybridized carbons (Fsp3) is 0.694. The van der Waals surface area contributed by atoms with E-state index in [9.17, 15) is 19.8 Å². The molecule has 0 amide bonds. The van der Waals surface area contributed by atoms with Crippen molar-refractivity contribution < 1.29 is 52.1 Å². The molecule has 1 unspecified atom stereocenters. The van der Waals surface area contributed by atoms with Gasteiger partial charge in [0.2, 0.25) is 5.78 Å². The first-order chi connectivity index (χ1) is 23.2. The second kappa shape index (κ2) is 12.4. The lowest BCUT2D eigenvalue weighted by Crippen LogP contribution is -2.81. The molecule has 1 aromatic rings. The van der Waals surface area contributed by atoms with Gasteiger partial charge in [0.15, 0.2) is 19.7 Å². The van der Waals surface area contributed by atoms with E-state index in [1.807, 2.05) is 20.8 Å². The Balaban J connectivity index is 1.91. The van der Waals surface area contributed by atoms with E-state index in [-0.39, 0.29) is 30.6 Å². The van der Waals surface area contributed by atoms with Gasteiger partial charge in [-0.05, 0) is 42.8 Å². The molecule has 2 N–H and O–H groups in total. The lowest BCUT2D eigenvalue weighted by Gasteiger charge is -2.68. The Morgan fingerprint density at radius 3 is 2.28 bits per heavy atom. The molecule has 1 aliphatic heterocycles. The topological polar surface area (TPSA) is 138 Å². The quantitative estimate of drug-likeness (QED) is 0.273. The largest absolute Gasteiger partial charge is 0.493 e. The van der Waals surface area contributed by atoms with Crippen LogP contribution in [0.1, 0.15) is 82.7 Å². The molecule has 1 saturated heterocycles. The summed E-state index contributed by atoms with van der Waals surface area (Å²) in [7, 11) is -5.63. The Hall–Kier alpha value is -2.57. The number of hydrogen-bond donors (Lipinski definition) is 2. The maximum atomic E-state index is 15.7. The Morgan fingerprint density at radius 2 is 1.74 bits per heavy atom. The highest BCUT2D eigenvalue weighted by Gasteiger charge is 2.78. The number of Topliss-reactive ketones (excluding diaryl/α,β-unsaturated/α-hetero) is 1. The Bertz CT molecular complexity index is 1520. The van der Waals surface area contributed by atoms with Crippen LogP contribution in [0.25, 0.3) is 0 Å². The molecule has 10 nitrogen and oxygen atoms in total. The normalized spacial score (nSPS) is 40.6. The summed E-state index contributed by atoms with van der Waals surface area (Å²) in [4.78, 5) is 42.7. The number of aliphatic hydroxyl groups is 2. The smallest absolute Gasteiger partial charge is 0.338 e. The van der Waals surface area contributed by atoms with Gasteiger partial charge in [-0.1, -0.05) is 59.7 Å². The molecular formula is C36H52O10Si. The van der Waals surface area contributed by atoms with Gasteiger partial charge in [0.05, 0.1) is 46.9 Å². The van der Waals surface area contributed by atoms with E-state index in [0.717, 1.165) is 18.1 Å². The molecular weight excluding hydrogens is 620 g/mol. The van der Waals surface area contributed by atoms with E-state index in [1.165, 1.54) is 6.92 Å². The number of hydrogen-bond acceptors (Lipinski definition) is 10. The van der Waals surface area contributed by atoms with Crippen LogP contribution in [0, 0.1) is 22.7 Å². The number of carbonyl (C=O) groups excluding carboxylic acids is 3. The second-order valence-electron chi connectivity index (χ2n) is 14.7. The van der Waals surface area contributed by atoms with Crippen LogP contribution in [0.5, 0.6) is 0 Å². The molecule has 2 bridgehead atoms. The third-order valence-corrected chi connectivity index (χ3v) is 17.0. The average molecular weight is 676 g/mol. The van der Waals surface area contributed by atoms with Crippen LogP contribution >= 0.6 is 0 Å². The van der Waals surface area contributed by atoms with Gasteiger partial charge in [-0.25, -0.2) is 4.79 Å². The van der Waals surface area contributed by atoms with Gasteiger partial charge in [0, 0.05) is 31.1 Å². The predicted octanol–water partition coefficient (Wildman–Crippen LogP) is 4.97. The highest BCUT2D eigenvalue weighted by atomic mass is 28.4. The number of aliphatic hydroxyl groups excluding tert-OH is 1. The van der Waals surface area contributed by atoms with Crippen LogP contribution in [-0.4, -0.2) is 85.5 Å². The Morgan fingerprint density at radius 1 is 1.11 bits per heavy atom. The first-order valence-electron chi connectivity index (χ1n) is 18.3. The van der Waals surface area contributed by atoms with Gasteiger partial charge in [0.1, 0.15) is 17.8 Å². The number of ether oxygens (including phenoxy) is 4. The predicted molar refractivity (Wildman–Crippen MR) is 176 cm³/mol. The fourth-order valence-electron chi connectivity index (χ4n) is 9.20. The number of allylic oxidation sites excluding steroid dienone is 1. The summed E-state index contributed by atoms with van der Waals surface area (Å²) in [6, 6.07) is 10.3. The van der Waals surface area contributed by atoms with Crippen molar-refractivity contribution in [2.75, 3.05) is 13.6 Å². The van der Waals surface area contributed by atoms with Crippen LogP contribution < -0.4 is 0 Å². The van der Waals surface area contributed by atoms with Gasteiger partial charge in [-0.15, -0.1) is 0 Å². The fourth-order valence-corrected chi connectivity index (χ4v) is 12.1.